The molecule has 0 saturated carbocycles. The van der Waals surface area contributed by atoms with Gasteiger partial charge in [-0.15, -0.1) is 0 Å². The summed E-state index contributed by atoms with van der Waals surface area (Å²) in [6, 6.07) is 5.28. The van der Waals surface area contributed by atoms with Crippen LogP contribution in [-0.4, -0.2) is 32.8 Å². The van der Waals surface area contributed by atoms with E-state index in [0.717, 1.165) is 36.1 Å². The maximum absolute atomic E-state index is 10.8. The number of halogens is 1. The van der Waals surface area contributed by atoms with Gasteiger partial charge in [0.15, 0.2) is 0 Å². The normalized spacial score (nSPS) is 16.1. The monoisotopic (exact) mass is 351 g/mol. The molecule has 0 N–H and O–H groups in total. The number of anilines is 1. The van der Waals surface area contributed by atoms with Crippen molar-refractivity contribution in [3.63, 3.8) is 0 Å². The van der Waals surface area contributed by atoms with Gasteiger partial charge in [0.25, 0.3) is 5.69 Å². The molecule has 1 aromatic carbocycles. The average molecular weight is 352 g/mol. The standard InChI is InChI=1S/C13H14BrN5O2/c14-12-7-11(19(20)21)1-2-13(12)17-5-3-10(4-6-17)18-9-15-8-16-18/h1-2,7-10H,3-6H2. The number of aromatic nitrogens is 3. The molecule has 1 aromatic heterocycles. The molecule has 0 spiro atoms. The molecule has 2 heterocycles. The van der Waals surface area contributed by atoms with E-state index in [1.807, 2.05) is 4.68 Å². The van der Waals surface area contributed by atoms with Crippen LogP contribution in [0.5, 0.6) is 0 Å². The largest absolute Gasteiger partial charge is 0.370 e. The fraction of sp³-hybridized carbons (Fsp3) is 0.385. The molecule has 7 nitrogen and oxygen atoms in total. The van der Waals surface area contributed by atoms with Gasteiger partial charge in [0.1, 0.15) is 12.7 Å². The van der Waals surface area contributed by atoms with Gasteiger partial charge in [-0.3, -0.25) is 10.1 Å². The highest BCUT2D eigenvalue weighted by atomic mass is 79.9. The lowest BCUT2D eigenvalue weighted by molar-refractivity contribution is -0.384. The van der Waals surface area contributed by atoms with Crippen LogP contribution in [0.3, 0.4) is 0 Å². The predicted molar refractivity (Wildman–Crippen MR) is 81.3 cm³/mol. The van der Waals surface area contributed by atoms with E-state index >= 15 is 0 Å². The molecule has 1 aliphatic heterocycles. The summed E-state index contributed by atoms with van der Waals surface area (Å²) in [4.78, 5) is 16.6. The van der Waals surface area contributed by atoms with E-state index in [4.69, 9.17) is 0 Å². The number of rotatable bonds is 3. The van der Waals surface area contributed by atoms with Crippen LogP contribution in [-0.2, 0) is 0 Å². The fourth-order valence-electron chi connectivity index (χ4n) is 2.64. The van der Waals surface area contributed by atoms with Crippen LogP contribution in [0.4, 0.5) is 11.4 Å². The van der Waals surface area contributed by atoms with Crippen molar-refractivity contribution in [1.29, 1.82) is 0 Å². The van der Waals surface area contributed by atoms with Gasteiger partial charge >= 0.3 is 0 Å². The number of benzene rings is 1. The van der Waals surface area contributed by atoms with Gasteiger partial charge in [-0.25, -0.2) is 9.67 Å². The summed E-state index contributed by atoms with van der Waals surface area (Å²) in [5.74, 6) is 0. The Hall–Kier alpha value is -1.96. The van der Waals surface area contributed by atoms with E-state index < -0.39 is 0 Å². The molecule has 0 amide bonds. The van der Waals surface area contributed by atoms with Crippen molar-refractivity contribution in [2.24, 2.45) is 0 Å². The SMILES string of the molecule is O=[N+]([O-])c1ccc(N2CCC(n3cncn3)CC2)c(Br)c1. The second-order valence-electron chi connectivity index (χ2n) is 4.99. The lowest BCUT2D eigenvalue weighted by Crippen LogP contribution is -2.35. The minimum Gasteiger partial charge on any atom is -0.370 e. The Morgan fingerprint density at radius 2 is 2.10 bits per heavy atom. The number of nitro groups is 1. The third-order valence-corrected chi connectivity index (χ3v) is 4.39. The molecule has 0 atom stereocenters. The highest BCUT2D eigenvalue weighted by molar-refractivity contribution is 9.10. The first-order chi connectivity index (χ1) is 10.1. The first kappa shape index (κ1) is 14.0. The molecule has 0 aliphatic carbocycles. The summed E-state index contributed by atoms with van der Waals surface area (Å²) >= 11 is 3.43. The van der Waals surface area contributed by atoms with Gasteiger partial charge in [0.05, 0.1) is 16.7 Å². The minimum absolute atomic E-state index is 0.100. The van der Waals surface area contributed by atoms with Gasteiger partial charge in [-0.1, -0.05) is 0 Å². The Balaban J connectivity index is 1.71. The summed E-state index contributed by atoms with van der Waals surface area (Å²) in [7, 11) is 0. The molecule has 0 unspecified atom stereocenters. The molecule has 1 aliphatic rings. The predicted octanol–water partition coefficient (Wildman–Crippen LogP) is 2.79. The first-order valence-corrected chi connectivity index (χ1v) is 7.47. The van der Waals surface area contributed by atoms with Crippen LogP contribution in [0.2, 0.25) is 0 Å². The van der Waals surface area contributed by atoms with Crippen molar-refractivity contribution in [3.8, 4) is 0 Å². The minimum atomic E-state index is -0.383. The van der Waals surface area contributed by atoms with Crippen molar-refractivity contribution in [2.45, 2.75) is 18.9 Å². The molecular formula is C13H14BrN5O2. The topological polar surface area (TPSA) is 77.1 Å². The summed E-state index contributed by atoms with van der Waals surface area (Å²) in [5, 5.41) is 15.0. The summed E-state index contributed by atoms with van der Waals surface area (Å²) < 4.78 is 2.67. The number of piperidine rings is 1. The van der Waals surface area contributed by atoms with Crippen molar-refractivity contribution in [2.75, 3.05) is 18.0 Å². The zero-order valence-corrected chi connectivity index (χ0v) is 12.8. The second kappa shape index (κ2) is 5.80. The van der Waals surface area contributed by atoms with E-state index in [9.17, 15) is 10.1 Å². The maximum Gasteiger partial charge on any atom is 0.270 e. The van der Waals surface area contributed by atoms with Crippen LogP contribution < -0.4 is 4.90 Å². The average Bonchev–Trinajstić information content (AvgIpc) is 3.01. The number of non-ortho nitro benzene ring substituents is 1. The smallest absolute Gasteiger partial charge is 0.270 e. The number of hydrogen-bond acceptors (Lipinski definition) is 5. The summed E-state index contributed by atoms with van der Waals surface area (Å²) in [6.45, 7) is 1.78. The van der Waals surface area contributed by atoms with Crippen LogP contribution >= 0.6 is 15.9 Å². The number of nitro benzene ring substituents is 1. The van der Waals surface area contributed by atoms with Crippen molar-refractivity contribution >= 4 is 27.3 Å². The van der Waals surface area contributed by atoms with E-state index in [1.165, 1.54) is 0 Å². The maximum atomic E-state index is 10.8. The molecule has 1 saturated heterocycles. The van der Waals surface area contributed by atoms with Gasteiger partial charge in [0, 0.05) is 29.7 Å². The number of hydrogen-bond donors (Lipinski definition) is 0. The third-order valence-electron chi connectivity index (χ3n) is 3.76. The molecule has 2 aromatic rings. The fourth-order valence-corrected chi connectivity index (χ4v) is 3.26. The molecular weight excluding hydrogens is 338 g/mol. The summed E-state index contributed by atoms with van der Waals surface area (Å²) in [5.41, 5.74) is 1.10. The third kappa shape index (κ3) is 2.90. The molecule has 21 heavy (non-hydrogen) atoms. The Labute approximate surface area is 129 Å². The van der Waals surface area contributed by atoms with Crippen LogP contribution in [0.15, 0.2) is 35.3 Å². The lowest BCUT2D eigenvalue weighted by Gasteiger charge is -2.34. The molecule has 8 heteroatoms. The van der Waals surface area contributed by atoms with E-state index in [1.54, 1.807) is 30.9 Å². The molecule has 0 radical (unpaired) electrons. The van der Waals surface area contributed by atoms with Crippen molar-refractivity contribution in [3.05, 3.63) is 45.4 Å². The second-order valence-corrected chi connectivity index (χ2v) is 5.84. The zero-order valence-electron chi connectivity index (χ0n) is 11.2. The number of nitrogens with zero attached hydrogens (tertiary/aromatic N) is 5. The van der Waals surface area contributed by atoms with Crippen molar-refractivity contribution < 1.29 is 4.92 Å². The molecule has 1 fully saturated rings. The zero-order chi connectivity index (χ0) is 14.8. The van der Waals surface area contributed by atoms with E-state index in [0.29, 0.717) is 6.04 Å². The first-order valence-electron chi connectivity index (χ1n) is 6.68. The van der Waals surface area contributed by atoms with Gasteiger partial charge in [-0.2, -0.15) is 5.10 Å². The molecule has 0 bridgehead atoms. The Bertz CT molecular complexity index is 638. The van der Waals surface area contributed by atoms with Crippen LogP contribution in [0.1, 0.15) is 18.9 Å². The van der Waals surface area contributed by atoms with E-state index in [-0.39, 0.29) is 10.6 Å². The summed E-state index contributed by atoms with van der Waals surface area (Å²) in [6.07, 6.45) is 5.26. The lowest BCUT2D eigenvalue weighted by atomic mass is 10.0. The Morgan fingerprint density at radius 1 is 1.33 bits per heavy atom. The van der Waals surface area contributed by atoms with E-state index in [2.05, 4.69) is 30.9 Å². The van der Waals surface area contributed by atoms with Crippen LogP contribution in [0.25, 0.3) is 0 Å². The molecule has 3 rings (SSSR count). The van der Waals surface area contributed by atoms with Crippen molar-refractivity contribution in [1.82, 2.24) is 14.8 Å². The Kier molecular flexibility index (Phi) is 3.87. The van der Waals surface area contributed by atoms with Gasteiger partial charge < -0.3 is 4.90 Å². The van der Waals surface area contributed by atoms with Gasteiger partial charge in [-0.05, 0) is 34.8 Å². The van der Waals surface area contributed by atoms with Gasteiger partial charge in [0.2, 0.25) is 0 Å². The highest BCUT2D eigenvalue weighted by Crippen LogP contribution is 2.33. The highest BCUT2D eigenvalue weighted by Gasteiger charge is 2.23. The Morgan fingerprint density at radius 3 is 2.67 bits per heavy atom. The van der Waals surface area contributed by atoms with Crippen LogP contribution in [0, 0.1) is 10.1 Å². The quantitative estimate of drug-likeness (QED) is 0.627. The molecule has 110 valence electrons.